The summed E-state index contributed by atoms with van der Waals surface area (Å²) in [5.74, 6) is 1.37. The lowest BCUT2D eigenvalue weighted by atomic mass is 9.82. The summed E-state index contributed by atoms with van der Waals surface area (Å²) in [5, 5.41) is 3.48. The molecular weight excluding hydrogens is 482 g/mol. The molecule has 1 N–H and O–H groups in total. The molecule has 0 aliphatic heterocycles. The van der Waals surface area contributed by atoms with Crippen LogP contribution in [0.1, 0.15) is 71.7 Å². The molecule has 0 saturated heterocycles. The number of rotatable bonds is 6. The van der Waals surface area contributed by atoms with Crippen molar-refractivity contribution in [2.24, 2.45) is 5.92 Å². The number of hydrogen-bond acceptors (Lipinski definition) is 3. The molecule has 1 unspecified atom stereocenters. The number of imidazole rings is 2. The normalized spacial score (nSPS) is 17.8. The van der Waals surface area contributed by atoms with Gasteiger partial charge in [-0.1, -0.05) is 50.7 Å². The van der Waals surface area contributed by atoms with Crippen LogP contribution in [-0.4, -0.2) is 31.1 Å². The lowest BCUT2D eigenvalue weighted by Crippen LogP contribution is -3.00. The minimum absolute atomic E-state index is 0. The highest BCUT2D eigenvalue weighted by molar-refractivity contribution is 5.87. The molecule has 2 heterocycles. The summed E-state index contributed by atoms with van der Waals surface area (Å²) in [5.41, 5.74) is 4.07. The van der Waals surface area contributed by atoms with E-state index in [1.807, 2.05) is 16.8 Å². The van der Waals surface area contributed by atoms with Gasteiger partial charge >= 0.3 is 1.43 Å². The van der Waals surface area contributed by atoms with E-state index in [2.05, 4.69) is 57.3 Å². The van der Waals surface area contributed by atoms with E-state index in [0.29, 0.717) is 12.0 Å². The Morgan fingerprint density at radius 2 is 1.62 bits per heavy atom. The van der Waals surface area contributed by atoms with Gasteiger partial charge in [0.2, 0.25) is 5.91 Å². The molecule has 2 aliphatic carbocycles. The molecule has 6 rings (SSSR count). The van der Waals surface area contributed by atoms with Crippen LogP contribution in [0.4, 0.5) is 0 Å². The molecule has 2 aromatic carbocycles. The summed E-state index contributed by atoms with van der Waals surface area (Å²) in [7, 11) is 0. The molecule has 37 heavy (non-hydrogen) atoms. The Labute approximate surface area is 226 Å². The van der Waals surface area contributed by atoms with Crippen molar-refractivity contribution in [2.45, 2.75) is 76.3 Å². The minimum atomic E-state index is -0.247. The first-order valence-corrected chi connectivity index (χ1v) is 13.6. The smallest absolute Gasteiger partial charge is 1.00 e. The maximum absolute atomic E-state index is 14.1. The molecule has 4 aromatic rings. The zero-order chi connectivity index (χ0) is 24.3. The molecule has 7 heteroatoms. The van der Waals surface area contributed by atoms with E-state index in [1.54, 1.807) is 12.5 Å². The van der Waals surface area contributed by atoms with Gasteiger partial charge in [-0.05, 0) is 68.0 Å². The van der Waals surface area contributed by atoms with Crippen LogP contribution in [-0.2, 0) is 4.79 Å². The molecule has 2 fully saturated rings. The van der Waals surface area contributed by atoms with Gasteiger partial charge in [0.15, 0.2) is 0 Å². The summed E-state index contributed by atoms with van der Waals surface area (Å²) in [6.45, 7) is 0. The first-order valence-electron chi connectivity index (χ1n) is 13.6. The number of halogens is 1. The number of carbonyl (C=O) groups is 1. The number of fused-ring (bicyclic) bond motifs is 1. The number of amides is 1. The molecule has 1 amide bonds. The van der Waals surface area contributed by atoms with Gasteiger partial charge < -0.3 is 26.9 Å². The first kappa shape index (κ1) is 25.5. The van der Waals surface area contributed by atoms with Crippen LogP contribution in [0.5, 0.6) is 0 Å². The fraction of sp³-hybridized carbons (Fsp3) is 0.433. The molecule has 1 atom stereocenters. The number of aromatic nitrogens is 4. The van der Waals surface area contributed by atoms with E-state index in [1.165, 1.54) is 38.5 Å². The van der Waals surface area contributed by atoms with Crippen LogP contribution in [0.2, 0.25) is 0 Å². The van der Waals surface area contributed by atoms with Gasteiger partial charge in [0.05, 0.1) is 17.4 Å². The minimum Gasteiger partial charge on any atom is -1.00 e. The van der Waals surface area contributed by atoms with Gasteiger partial charge in [-0.15, -0.1) is 0 Å². The second-order valence-electron chi connectivity index (χ2n) is 10.5. The van der Waals surface area contributed by atoms with Crippen molar-refractivity contribution in [1.29, 1.82) is 0 Å². The first-order chi connectivity index (χ1) is 17.8. The van der Waals surface area contributed by atoms with Crippen LogP contribution in [0.15, 0.2) is 67.3 Å². The standard InChI is InChI=1S/C30H35N5O.ClH/c36-30(32-24-11-5-2-6-12-24)28(22-9-3-1-4-10-22)35-27-14-8-7-13-26(27)33-29(35)23-15-17-25(18-16-23)34-20-19-31-21-34;/h7-8,13-22,24,28H,1-6,9-12H2,(H,32,36);1H. The predicted octanol–water partition coefficient (Wildman–Crippen LogP) is 3.58. The summed E-state index contributed by atoms with van der Waals surface area (Å²) in [4.78, 5) is 23.3. The maximum Gasteiger partial charge on any atom is 1.00 e. The Bertz CT molecular complexity index is 1310. The van der Waals surface area contributed by atoms with E-state index >= 15 is 0 Å². The van der Waals surface area contributed by atoms with Crippen molar-refractivity contribution in [3.05, 3.63) is 67.3 Å². The number of hydrogen-bond donors (Lipinski definition) is 1. The van der Waals surface area contributed by atoms with Crippen molar-refractivity contribution in [1.82, 2.24) is 24.4 Å². The molecule has 6 nitrogen and oxygen atoms in total. The summed E-state index contributed by atoms with van der Waals surface area (Å²) in [6, 6.07) is 16.7. The van der Waals surface area contributed by atoms with Crippen molar-refractivity contribution < 1.29 is 18.6 Å². The zero-order valence-electron chi connectivity index (χ0n) is 22.2. The van der Waals surface area contributed by atoms with Gasteiger partial charge in [0, 0.05) is 29.7 Å². The van der Waals surface area contributed by atoms with Crippen molar-refractivity contribution in [3.63, 3.8) is 0 Å². The Hall–Kier alpha value is -3.12. The second-order valence-corrected chi connectivity index (χ2v) is 10.5. The highest BCUT2D eigenvalue weighted by Crippen LogP contribution is 2.38. The average molecular weight is 518 g/mol. The maximum atomic E-state index is 14.1. The van der Waals surface area contributed by atoms with Crippen molar-refractivity contribution >= 4 is 16.9 Å². The summed E-state index contributed by atoms with van der Waals surface area (Å²) in [6.07, 6.45) is 17.3. The number of carbonyl (C=O) groups excluding carboxylic acids is 1. The Balaban J connectivity index is 0.00000168. The largest absolute Gasteiger partial charge is 1.00 e. The van der Waals surface area contributed by atoms with E-state index in [0.717, 1.165) is 53.8 Å². The van der Waals surface area contributed by atoms with Crippen LogP contribution in [0.25, 0.3) is 28.1 Å². The molecule has 194 valence electrons. The van der Waals surface area contributed by atoms with Crippen molar-refractivity contribution in [2.75, 3.05) is 0 Å². The van der Waals surface area contributed by atoms with Crippen molar-refractivity contribution in [3.8, 4) is 17.1 Å². The number of nitrogens with zero attached hydrogens (tertiary/aromatic N) is 4. The highest BCUT2D eigenvalue weighted by Gasteiger charge is 2.35. The summed E-state index contributed by atoms with van der Waals surface area (Å²) >= 11 is 0. The van der Waals surface area contributed by atoms with Gasteiger partial charge in [0.25, 0.3) is 0 Å². The molecular formula is C30H36ClN5O. The Morgan fingerprint density at radius 3 is 2.32 bits per heavy atom. The monoisotopic (exact) mass is 517 g/mol. The molecule has 2 aromatic heterocycles. The fourth-order valence-corrected chi connectivity index (χ4v) is 6.25. The fourth-order valence-electron chi connectivity index (χ4n) is 6.25. The van der Waals surface area contributed by atoms with Crippen LogP contribution < -0.4 is 17.7 Å². The molecule has 2 aliphatic rings. The summed E-state index contributed by atoms with van der Waals surface area (Å²) < 4.78 is 4.25. The van der Waals surface area contributed by atoms with Gasteiger partial charge in [-0.25, -0.2) is 9.97 Å². The average Bonchev–Trinajstić information content (AvgIpc) is 3.60. The lowest BCUT2D eigenvalue weighted by Gasteiger charge is -2.33. The quantitative estimate of drug-likeness (QED) is 0.425. The third-order valence-corrected chi connectivity index (χ3v) is 8.12. The highest BCUT2D eigenvalue weighted by atomic mass is 35.5. The van der Waals surface area contributed by atoms with Crippen LogP contribution >= 0.6 is 0 Å². The second kappa shape index (κ2) is 11.5. The third kappa shape index (κ3) is 5.30. The number of para-hydroxylation sites is 2. The number of benzene rings is 2. The van der Waals surface area contributed by atoms with Gasteiger partial charge in [-0.2, -0.15) is 0 Å². The van der Waals surface area contributed by atoms with Crippen LogP contribution in [0.3, 0.4) is 0 Å². The SMILES string of the molecule is O=C(NC1CCCCC1)C(C1CCCCC1)n1c(-c2ccc(-n3ccnc3)cc2)nc2ccccc21.[Cl-].[H+]. The van der Waals surface area contributed by atoms with Crippen LogP contribution in [0, 0.1) is 5.92 Å². The molecule has 0 spiro atoms. The zero-order valence-corrected chi connectivity index (χ0v) is 22.0. The van der Waals surface area contributed by atoms with E-state index in [4.69, 9.17) is 4.98 Å². The van der Waals surface area contributed by atoms with Gasteiger partial charge in [0.1, 0.15) is 11.9 Å². The van der Waals surface area contributed by atoms with E-state index < -0.39 is 0 Å². The molecule has 0 radical (unpaired) electrons. The van der Waals surface area contributed by atoms with E-state index in [-0.39, 0.29) is 25.8 Å². The molecule has 0 bridgehead atoms. The third-order valence-electron chi connectivity index (χ3n) is 8.12. The molecule has 2 saturated carbocycles. The number of nitrogens with one attached hydrogen (secondary N) is 1. The van der Waals surface area contributed by atoms with E-state index in [9.17, 15) is 4.79 Å². The van der Waals surface area contributed by atoms with Gasteiger partial charge in [-0.3, -0.25) is 4.79 Å². The Morgan fingerprint density at radius 1 is 0.919 bits per heavy atom. The lowest BCUT2D eigenvalue weighted by molar-refractivity contribution is -0.127. The Kier molecular flexibility index (Phi) is 7.94. The topological polar surface area (TPSA) is 64.7 Å². The predicted molar refractivity (Wildman–Crippen MR) is 144 cm³/mol.